The van der Waals surface area contributed by atoms with Crippen LogP contribution < -0.4 is 11.0 Å². The molecule has 6 nitrogen and oxygen atoms in total. The van der Waals surface area contributed by atoms with Gasteiger partial charge in [0.2, 0.25) is 0 Å². The maximum atomic E-state index is 5.14. The fourth-order valence-corrected chi connectivity index (χ4v) is 4.57. The van der Waals surface area contributed by atoms with Crippen molar-refractivity contribution in [1.82, 2.24) is 17.9 Å². The molecule has 0 spiro atoms. The first kappa shape index (κ1) is 23.9. The van der Waals surface area contributed by atoms with E-state index in [9.17, 15) is 0 Å². The first-order chi connectivity index (χ1) is 16.9. The smallest absolute Gasteiger partial charge is 0.183 e. The highest BCUT2D eigenvalue weighted by Gasteiger charge is 2.15. The Morgan fingerprint density at radius 3 is 1.14 bits per heavy atom. The fourth-order valence-electron chi connectivity index (χ4n) is 4.57. The lowest BCUT2D eigenvalue weighted by Gasteiger charge is -2.18. The van der Waals surface area contributed by atoms with E-state index in [0.717, 1.165) is 33.6 Å². The molecule has 186 valence electrons. The topological polar surface area (TPSA) is 43.4 Å². The van der Waals surface area contributed by atoms with Crippen LogP contribution in [0.2, 0.25) is 0 Å². The van der Waals surface area contributed by atoms with Crippen molar-refractivity contribution in [2.75, 3.05) is 0 Å². The average molecular weight is 481 g/mol. The first-order valence-electron chi connectivity index (χ1n) is 12.5. The molecule has 0 aliphatic carbocycles. The Morgan fingerprint density at radius 2 is 0.833 bits per heavy atom. The second kappa shape index (κ2) is 8.40. The highest BCUT2D eigenvalue weighted by atomic mass is 15.2. The van der Waals surface area contributed by atoms with Crippen LogP contribution in [0, 0.1) is 0 Å². The number of aromatic nitrogens is 4. The van der Waals surface area contributed by atoms with Gasteiger partial charge >= 0.3 is 0 Å². The summed E-state index contributed by atoms with van der Waals surface area (Å²) < 4.78 is 8.52. The third kappa shape index (κ3) is 4.21. The van der Waals surface area contributed by atoms with Gasteiger partial charge in [-0.1, -0.05) is 65.8 Å². The average Bonchev–Trinajstić information content (AvgIpc) is 3.38. The molecule has 36 heavy (non-hydrogen) atoms. The lowest BCUT2D eigenvalue weighted by molar-refractivity contribution is 0.590. The van der Waals surface area contributed by atoms with E-state index in [4.69, 9.17) is 9.98 Å². The summed E-state index contributed by atoms with van der Waals surface area (Å²) >= 11 is 0. The van der Waals surface area contributed by atoms with Crippen LogP contribution in [0.25, 0.3) is 11.3 Å². The van der Waals surface area contributed by atoms with Crippen LogP contribution in [0.15, 0.2) is 83.3 Å². The largest absolute Gasteiger partial charge is 0.333 e. The lowest BCUT2D eigenvalue weighted by Crippen LogP contribution is -2.37. The Hall–Kier alpha value is -3.80. The summed E-state index contributed by atoms with van der Waals surface area (Å²) in [5, 5.41) is 0. The molecule has 3 heterocycles. The van der Waals surface area contributed by atoms with E-state index < -0.39 is 0 Å². The molecule has 0 fully saturated rings. The summed E-state index contributed by atoms with van der Waals surface area (Å²) in [6.45, 7) is 13.4. The number of aryl methyl sites for hydroxylation is 2. The molecule has 3 aromatic heterocycles. The zero-order chi connectivity index (χ0) is 25.8. The monoisotopic (exact) mass is 480 g/mol. The standard InChI is InChI=1S/C30H36N6/c1-29(2,3)21-9-13-23(14-10-21)31-25-26(32-24-15-11-22(12-16-24)30(4,5)6)36-20-18-34(8)28(36)27-33(7)17-19-35(25)27/h9-20H,1-8H3. The minimum absolute atomic E-state index is 0.0957. The van der Waals surface area contributed by atoms with Crippen LogP contribution in [0.1, 0.15) is 52.7 Å². The highest BCUT2D eigenvalue weighted by Crippen LogP contribution is 2.25. The van der Waals surface area contributed by atoms with Crippen molar-refractivity contribution in [1.29, 1.82) is 0 Å². The van der Waals surface area contributed by atoms with Gasteiger partial charge < -0.3 is 9.13 Å². The number of rotatable bonds is 2. The Balaban J connectivity index is 1.83. The van der Waals surface area contributed by atoms with Gasteiger partial charge in [-0.05, 0) is 46.2 Å². The quantitative estimate of drug-likeness (QED) is 0.301. The maximum absolute atomic E-state index is 5.14. The molecular formula is C30H36N6. The maximum Gasteiger partial charge on any atom is 0.183 e. The normalized spacial score (nSPS) is 13.9. The second-order valence-electron chi connectivity index (χ2n) is 11.7. The van der Waals surface area contributed by atoms with E-state index in [0.29, 0.717) is 0 Å². The van der Waals surface area contributed by atoms with Crippen molar-refractivity contribution in [3.05, 3.63) is 95.4 Å². The summed E-state index contributed by atoms with van der Waals surface area (Å²) in [5.41, 5.74) is 8.25. The van der Waals surface area contributed by atoms with E-state index in [1.807, 2.05) is 0 Å². The van der Waals surface area contributed by atoms with Crippen molar-refractivity contribution in [3.8, 4) is 0 Å². The van der Waals surface area contributed by atoms with Gasteiger partial charge in [-0.2, -0.15) is 0 Å². The summed E-state index contributed by atoms with van der Waals surface area (Å²) in [6, 6.07) is 17.1. The molecule has 0 N–H and O–H groups in total. The Morgan fingerprint density at radius 1 is 0.500 bits per heavy atom. The minimum atomic E-state index is 0.0957. The molecule has 5 aromatic rings. The van der Waals surface area contributed by atoms with Crippen LogP contribution in [-0.4, -0.2) is 17.9 Å². The first-order valence-corrected chi connectivity index (χ1v) is 12.5. The summed E-state index contributed by atoms with van der Waals surface area (Å²) in [4.78, 5) is 10.3. The van der Waals surface area contributed by atoms with Crippen LogP contribution in [-0.2, 0) is 24.9 Å². The zero-order valence-electron chi connectivity index (χ0n) is 22.6. The summed E-state index contributed by atoms with van der Waals surface area (Å²) in [7, 11) is 4.12. The van der Waals surface area contributed by atoms with Crippen molar-refractivity contribution in [3.63, 3.8) is 0 Å². The molecule has 0 radical (unpaired) electrons. The minimum Gasteiger partial charge on any atom is -0.333 e. The van der Waals surface area contributed by atoms with Crippen LogP contribution >= 0.6 is 0 Å². The van der Waals surface area contributed by atoms with Gasteiger partial charge in [0.05, 0.1) is 11.4 Å². The molecule has 0 unspecified atom stereocenters. The molecule has 6 heteroatoms. The lowest BCUT2D eigenvalue weighted by atomic mass is 9.87. The second-order valence-corrected chi connectivity index (χ2v) is 11.7. The van der Waals surface area contributed by atoms with Crippen molar-refractivity contribution in [2.45, 2.75) is 52.4 Å². The van der Waals surface area contributed by atoms with E-state index in [-0.39, 0.29) is 10.8 Å². The van der Waals surface area contributed by atoms with E-state index >= 15 is 0 Å². The number of fused-ring (bicyclic) bond motifs is 3. The molecule has 5 rings (SSSR count). The van der Waals surface area contributed by atoms with Gasteiger partial charge in [-0.15, -0.1) is 0 Å². The molecule has 0 aliphatic heterocycles. The van der Waals surface area contributed by atoms with Crippen LogP contribution in [0.5, 0.6) is 0 Å². The molecular weight excluding hydrogens is 444 g/mol. The molecule has 0 atom stereocenters. The summed E-state index contributed by atoms with van der Waals surface area (Å²) in [5.74, 6) is 0. The SMILES string of the molecule is Cn1ccn2c(=Nc3ccc(C(C)(C)C)cc3)c(=Nc3ccc(C(C)(C)C)cc3)n3ccn(C)c3c12. The molecule has 0 saturated carbocycles. The van der Waals surface area contributed by atoms with Crippen molar-refractivity contribution >= 4 is 22.7 Å². The molecule has 2 aromatic carbocycles. The highest BCUT2D eigenvalue weighted by molar-refractivity contribution is 5.67. The van der Waals surface area contributed by atoms with E-state index in [1.54, 1.807) is 0 Å². The molecule has 0 saturated heterocycles. The van der Waals surface area contributed by atoms with Crippen molar-refractivity contribution < 1.29 is 0 Å². The number of nitrogens with zero attached hydrogens (tertiary/aromatic N) is 6. The van der Waals surface area contributed by atoms with E-state index in [1.165, 1.54) is 11.1 Å². The molecule has 0 aliphatic rings. The van der Waals surface area contributed by atoms with Gasteiger partial charge in [0, 0.05) is 38.9 Å². The number of imidazole rings is 2. The predicted molar refractivity (Wildman–Crippen MR) is 147 cm³/mol. The third-order valence-corrected chi connectivity index (χ3v) is 6.80. The zero-order valence-corrected chi connectivity index (χ0v) is 22.6. The van der Waals surface area contributed by atoms with E-state index in [2.05, 4.69) is 147 Å². The number of hydrogen-bond acceptors (Lipinski definition) is 2. The number of benzene rings is 2. The van der Waals surface area contributed by atoms with Crippen LogP contribution in [0.3, 0.4) is 0 Å². The molecule has 0 amide bonds. The number of hydrogen-bond donors (Lipinski definition) is 0. The Kier molecular flexibility index (Phi) is 5.58. The predicted octanol–water partition coefficient (Wildman–Crippen LogP) is 5.93. The van der Waals surface area contributed by atoms with Crippen LogP contribution in [0.4, 0.5) is 11.4 Å². The van der Waals surface area contributed by atoms with Gasteiger partial charge in [0.15, 0.2) is 22.3 Å². The van der Waals surface area contributed by atoms with Crippen molar-refractivity contribution in [2.24, 2.45) is 24.1 Å². The van der Waals surface area contributed by atoms with Gasteiger partial charge in [-0.25, -0.2) is 9.98 Å². The third-order valence-electron chi connectivity index (χ3n) is 6.80. The van der Waals surface area contributed by atoms with Gasteiger partial charge in [0.25, 0.3) is 0 Å². The molecule has 0 bridgehead atoms. The summed E-state index contributed by atoms with van der Waals surface area (Å²) in [6.07, 6.45) is 8.25. The Labute approximate surface area is 212 Å². The fraction of sp³-hybridized carbons (Fsp3) is 0.333. The van der Waals surface area contributed by atoms with Gasteiger partial charge in [0.1, 0.15) is 0 Å². The Bertz CT molecular complexity index is 1560. The van der Waals surface area contributed by atoms with Gasteiger partial charge in [-0.3, -0.25) is 8.80 Å².